The van der Waals surface area contributed by atoms with Gasteiger partial charge in [-0.15, -0.1) is 0 Å². The first-order chi connectivity index (χ1) is 8.11. The number of nitrogens with one attached hydrogen (secondary N) is 2. The van der Waals surface area contributed by atoms with Crippen molar-refractivity contribution in [2.24, 2.45) is 0 Å². The first kappa shape index (κ1) is 13.4. The van der Waals surface area contributed by atoms with E-state index in [2.05, 4.69) is 20.6 Å². The summed E-state index contributed by atoms with van der Waals surface area (Å²) in [5, 5.41) is 5.93. The topological polar surface area (TPSA) is 66.9 Å². The fraction of sp³-hybridized carbons (Fsp3) is 0.583. The number of nitrogens with zero attached hydrogens (tertiary/aromatic N) is 2. The summed E-state index contributed by atoms with van der Waals surface area (Å²) in [6.07, 6.45) is 3.08. The molecule has 0 spiro atoms. The molecule has 0 radical (unpaired) electrons. The highest BCUT2D eigenvalue weighted by atomic mass is 16.1. The molecule has 1 rings (SSSR count). The summed E-state index contributed by atoms with van der Waals surface area (Å²) in [4.78, 5) is 19.7. The molecule has 0 aliphatic heterocycles. The maximum absolute atomic E-state index is 11.5. The van der Waals surface area contributed by atoms with Crippen molar-refractivity contribution in [3.05, 3.63) is 18.0 Å². The Hall–Kier alpha value is -1.65. The van der Waals surface area contributed by atoms with E-state index in [0.29, 0.717) is 18.9 Å². The molecule has 1 aromatic rings. The Morgan fingerprint density at radius 2 is 2.29 bits per heavy atom. The molecule has 1 heterocycles. The number of aromatic nitrogens is 2. The average molecular weight is 236 g/mol. The second kappa shape index (κ2) is 6.83. The van der Waals surface area contributed by atoms with E-state index in [1.807, 2.05) is 26.8 Å². The fourth-order valence-corrected chi connectivity index (χ4v) is 1.27. The van der Waals surface area contributed by atoms with Gasteiger partial charge in [-0.05, 0) is 26.3 Å². The van der Waals surface area contributed by atoms with Gasteiger partial charge in [0.05, 0.1) is 0 Å². The van der Waals surface area contributed by atoms with E-state index in [4.69, 9.17) is 0 Å². The molecular formula is C12H20N4O. The molecule has 0 aromatic carbocycles. The summed E-state index contributed by atoms with van der Waals surface area (Å²) in [5.41, 5.74) is 0.909. The van der Waals surface area contributed by atoms with Crippen molar-refractivity contribution in [3.8, 4) is 0 Å². The monoisotopic (exact) mass is 236 g/mol. The molecule has 0 saturated heterocycles. The smallest absolute Gasteiger partial charge is 0.222 e. The molecule has 5 nitrogen and oxygen atoms in total. The first-order valence-electron chi connectivity index (χ1n) is 5.94. The first-order valence-corrected chi connectivity index (χ1v) is 5.94. The molecule has 2 N–H and O–H groups in total. The minimum absolute atomic E-state index is 0.0551. The van der Waals surface area contributed by atoms with E-state index < -0.39 is 0 Å². The summed E-state index contributed by atoms with van der Waals surface area (Å²) < 4.78 is 0. The molecule has 17 heavy (non-hydrogen) atoms. The number of rotatable bonds is 6. The zero-order valence-electron chi connectivity index (χ0n) is 10.7. The van der Waals surface area contributed by atoms with Crippen LogP contribution in [0.25, 0.3) is 0 Å². The lowest BCUT2D eigenvalue weighted by molar-refractivity contribution is -0.121. The second-order valence-electron chi connectivity index (χ2n) is 4.08. The standard InChI is InChI=1S/C12H20N4O/c1-4-9(2)15-11(17)6-8-14-12-13-7-5-10(3)16-12/h5,7,9H,4,6,8H2,1-3H3,(H,15,17)(H,13,14,16). The van der Waals surface area contributed by atoms with Gasteiger partial charge in [-0.3, -0.25) is 4.79 Å². The largest absolute Gasteiger partial charge is 0.354 e. The highest BCUT2D eigenvalue weighted by molar-refractivity contribution is 5.76. The SMILES string of the molecule is CCC(C)NC(=O)CCNc1nccc(C)n1. The number of aryl methyl sites for hydroxylation is 1. The highest BCUT2D eigenvalue weighted by Crippen LogP contribution is 1.98. The lowest BCUT2D eigenvalue weighted by Gasteiger charge is -2.11. The van der Waals surface area contributed by atoms with Crippen molar-refractivity contribution in [1.82, 2.24) is 15.3 Å². The van der Waals surface area contributed by atoms with Gasteiger partial charge in [-0.25, -0.2) is 9.97 Å². The Kier molecular flexibility index (Phi) is 5.39. The van der Waals surface area contributed by atoms with Crippen molar-refractivity contribution >= 4 is 11.9 Å². The van der Waals surface area contributed by atoms with Crippen LogP contribution in [-0.2, 0) is 4.79 Å². The van der Waals surface area contributed by atoms with Gasteiger partial charge in [0.2, 0.25) is 11.9 Å². The summed E-state index contributed by atoms with van der Waals surface area (Å²) in [6, 6.07) is 2.07. The van der Waals surface area contributed by atoms with Gasteiger partial charge in [0, 0.05) is 30.9 Å². The molecule has 0 aliphatic carbocycles. The van der Waals surface area contributed by atoms with Gasteiger partial charge in [0.1, 0.15) is 0 Å². The molecule has 0 aliphatic rings. The van der Waals surface area contributed by atoms with Gasteiger partial charge in [0.15, 0.2) is 0 Å². The average Bonchev–Trinajstić information content (AvgIpc) is 2.29. The lowest BCUT2D eigenvalue weighted by Crippen LogP contribution is -2.33. The second-order valence-corrected chi connectivity index (χ2v) is 4.08. The van der Waals surface area contributed by atoms with Crippen LogP contribution in [0.1, 0.15) is 32.4 Å². The summed E-state index contributed by atoms with van der Waals surface area (Å²) in [6.45, 7) is 6.49. The van der Waals surface area contributed by atoms with Crippen LogP contribution in [0.15, 0.2) is 12.3 Å². The molecule has 1 atom stereocenters. The fourth-order valence-electron chi connectivity index (χ4n) is 1.27. The van der Waals surface area contributed by atoms with Crippen LogP contribution < -0.4 is 10.6 Å². The maximum Gasteiger partial charge on any atom is 0.222 e. The molecule has 1 aromatic heterocycles. The molecule has 1 unspecified atom stereocenters. The molecule has 0 bridgehead atoms. The minimum atomic E-state index is 0.0551. The highest BCUT2D eigenvalue weighted by Gasteiger charge is 2.05. The summed E-state index contributed by atoms with van der Waals surface area (Å²) in [5.74, 6) is 0.626. The van der Waals surface area contributed by atoms with Crippen molar-refractivity contribution < 1.29 is 4.79 Å². The molecule has 94 valence electrons. The van der Waals surface area contributed by atoms with Gasteiger partial charge in [0.25, 0.3) is 0 Å². The molecule has 1 amide bonds. The van der Waals surface area contributed by atoms with E-state index in [1.165, 1.54) is 0 Å². The predicted octanol–water partition coefficient (Wildman–Crippen LogP) is 1.50. The van der Waals surface area contributed by atoms with E-state index in [0.717, 1.165) is 12.1 Å². The van der Waals surface area contributed by atoms with Crippen molar-refractivity contribution in [1.29, 1.82) is 0 Å². The third-order valence-electron chi connectivity index (χ3n) is 2.45. The Morgan fingerprint density at radius 3 is 2.94 bits per heavy atom. The van der Waals surface area contributed by atoms with Crippen molar-refractivity contribution in [3.63, 3.8) is 0 Å². The van der Waals surface area contributed by atoms with Gasteiger partial charge < -0.3 is 10.6 Å². The minimum Gasteiger partial charge on any atom is -0.354 e. The quantitative estimate of drug-likeness (QED) is 0.785. The molecular weight excluding hydrogens is 216 g/mol. The van der Waals surface area contributed by atoms with Crippen LogP contribution >= 0.6 is 0 Å². The van der Waals surface area contributed by atoms with Gasteiger partial charge >= 0.3 is 0 Å². The van der Waals surface area contributed by atoms with E-state index in [9.17, 15) is 4.79 Å². The zero-order chi connectivity index (χ0) is 12.7. The zero-order valence-corrected chi connectivity index (χ0v) is 10.7. The van der Waals surface area contributed by atoms with Crippen LogP contribution in [0.4, 0.5) is 5.95 Å². The van der Waals surface area contributed by atoms with Gasteiger partial charge in [-0.1, -0.05) is 6.92 Å². The van der Waals surface area contributed by atoms with Crippen LogP contribution in [-0.4, -0.2) is 28.5 Å². The third kappa shape index (κ3) is 5.29. The summed E-state index contributed by atoms with van der Waals surface area (Å²) in [7, 11) is 0. The number of carbonyl (C=O) groups excluding carboxylic acids is 1. The van der Waals surface area contributed by atoms with E-state index >= 15 is 0 Å². The molecule has 0 saturated carbocycles. The predicted molar refractivity (Wildman–Crippen MR) is 67.8 cm³/mol. The summed E-state index contributed by atoms with van der Waals surface area (Å²) >= 11 is 0. The Morgan fingerprint density at radius 1 is 1.53 bits per heavy atom. The Labute approximate surface area is 102 Å². The number of anilines is 1. The Balaban J connectivity index is 2.26. The Bertz CT molecular complexity index is 367. The van der Waals surface area contributed by atoms with E-state index in [-0.39, 0.29) is 11.9 Å². The third-order valence-corrected chi connectivity index (χ3v) is 2.45. The maximum atomic E-state index is 11.5. The molecule has 0 fully saturated rings. The van der Waals surface area contributed by atoms with Crippen LogP contribution in [0.2, 0.25) is 0 Å². The van der Waals surface area contributed by atoms with Crippen LogP contribution in [0.3, 0.4) is 0 Å². The number of hydrogen-bond donors (Lipinski definition) is 2. The van der Waals surface area contributed by atoms with Crippen LogP contribution in [0, 0.1) is 6.92 Å². The van der Waals surface area contributed by atoms with E-state index in [1.54, 1.807) is 6.20 Å². The van der Waals surface area contributed by atoms with Gasteiger partial charge in [-0.2, -0.15) is 0 Å². The van der Waals surface area contributed by atoms with Crippen molar-refractivity contribution in [2.75, 3.05) is 11.9 Å². The van der Waals surface area contributed by atoms with Crippen LogP contribution in [0.5, 0.6) is 0 Å². The lowest BCUT2D eigenvalue weighted by atomic mass is 10.2. The van der Waals surface area contributed by atoms with Crippen molar-refractivity contribution in [2.45, 2.75) is 39.7 Å². The normalized spacial score (nSPS) is 11.9. The number of amides is 1. The number of hydrogen-bond acceptors (Lipinski definition) is 4. The molecule has 5 heteroatoms. The number of carbonyl (C=O) groups is 1.